The number of aromatic hydroxyl groups is 1. The second-order valence-electron chi connectivity index (χ2n) is 10.1. The summed E-state index contributed by atoms with van der Waals surface area (Å²) in [7, 11) is 2.12. The fourth-order valence-corrected chi connectivity index (χ4v) is 5.50. The maximum Gasteiger partial charge on any atom is 0.511 e. The van der Waals surface area contributed by atoms with Crippen LogP contribution in [0.5, 0.6) is 11.5 Å². The SMILES string of the molecule is [B]OP(=O)(O)OC(=Cc1ccc(O)cc1)c1ccc2c(C(=O)Oc3c(C)cc(C(=O)O)cc3C)c3ccccc3[n+](C)c2c1. The first-order valence-corrected chi connectivity index (χ1v) is 14.7. The fraction of sp³-hybridized carbons (Fsp3) is 0.0938. The number of para-hydroxylation sites is 1. The number of pyridine rings is 1. The topological polar surface area (TPSA) is 143 Å². The number of phenolic OH excluding ortho intramolecular Hbond substituents is 1. The van der Waals surface area contributed by atoms with Crippen molar-refractivity contribution >= 4 is 61.5 Å². The molecule has 1 unspecified atom stereocenters. The average molecular weight is 610 g/mol. The van der Waals surface area contributed by atoms with Crippen LogP contribution in [-0.4, -0.2) is 35.1 Å². The van der Waals surface area contributed by atoms with E-state index in [0.29, 0.717) is 44.1 Å². The maximum atomic E-state index is 13.9. The highest BCUT2D eigenvalue weighted by Crippen LogP contribution is 2.47. The van der Waals surface area contributed by atoms with Crippen LogP contribution in [0.15, 0.2) is 78.9 Å². The molecule has 5 rings (SSSR count). The zero-order valence-corrected chi connectivity index (χ0v) is 24.7. The molecule has 0 fully saturated rings. The lowest BCUT2D eigenvalue weighted by Crippen LogP contribution is -2.31. The Bertz CT molecular complexity index is 2020. The number of rotatable bonds is 8. The number of hydrogen-bond acceptors (Lipinski definition) is 7. The molecule has 2 radical (unpaired) electrons. The number of aromatic nitrogens is 1. The molecule has 1 aromatic heterocycles. The summed E-state index contributed by atoms with van der Waals surface area (Å²) in [5, 5.41) is 20.2. The van der Waals surface area contributed by atoms with E-state index in [0.717, 1.165) is 0 Å². The van der Waals surface area contributed by atoms with Crippen molar-refractivity contribution in [1.29, 1.82) is 0 Å². The van der Waals surface area contributed by atoms with Gasteiger partial charge in [-0.25, -0.2) is 14.2 Å². The van der Waals surface area contributed by atoms with Gasteiger partial charge in [0, 0.05) is 17.7 Å². The third-order valence-corrected chi connectivity index (χ3v) is 7.79. The minimum Gasteiger partial charge on any atom is -0.508 e. The Morgan fingerprint density at radius 1 is 0.886 bits per heavy atom. The number of fused-ring (bicyclic) bond motifs is 2. The molecule has 0 aliphatic carbocycles. The molecular formula is C32H26BNO9P+. The van der Waals surface area contributed by atoms with Crippen LogP contribution in [0.3, 0.4) is 0 Å². The third-order valence-electron chi connectivity index (χ3n) is 7.09. The quantitative estimate of drug-likeness (QED) is 0.0292. The van der Waals surface area contributed by atoms with Gasteiger partial charge in [0.1, 0.15) is 24.3 Å². The summed E-state index contributed by atoms with van der Waals surface area (Å²) in [6, 6.07) is 21.2. The molecule has 4 aromatic carbocycles. The minimum absolute atomic E-state index is 0.0370. The first kappa shape index (κ1) is 30.5. The highest BCUT2D eigenvalue weighted by molar-refractivity contribution is 7.48. The lowest BCUT2D eigenvalue weighted by molar-refractivity contribution is -0.617. The Morgan fingerprint density at radius 2 is 1.52 bits per heavy atom. The molecule has 1 heterocycles. The van der Waals surface area contributed by atoms with E-state index >= 15 is 0 Å². The molecule has 5 aromatic rings. The van der Waals surface area contributed by atoms with Crippen LogP contribution in [0.1, 0.15) is 43.0 Å². The normalized spacial score (nSPS) is 13.0. The fourth-order valence-electron chi connectivity index (χ4n) is 5.05. The van der Waals surface area contributed by atoms with E-state index in [2.05, 4.69) is 4.44 Å². The number of carbonyl (C=O) groups excluding carboxylic acids is 1. The molecule has 12 heteroatoms. The standard InChI is InChI=1S/C32H25BNO9P/c1-18-14-22(31(36)37)15-19(2)30(18)41-32(38)29-24-6-4-5-7-26(24)34(3)27-17-21(10-13-25(27)29)28(42-44(39,40)43-33)16-20-8-11-23(35)12-9-20/h4-17H,1-3H3,(H2,36,37,39,40)/p+1. The second kappa shape index (κ2) is 12.0. The van der Waals surface area contributed by atoms with E-state index in [9.17, 15) is 29.3 Å². The summed E-state index contributed by atoms with van der Waals surface area (Å²) in [6.45, 7) is 3.34. The van der Waals surface area contributed by atoms with E-state index in [1.165, 1.54) is 30.3 Å². The summed E-state index contributed by atoms with van der Waals surface area (Å²) >= 11 is 0. The van der Waals surface area contributed by atoms with Gasteiger partial charge in [-0.15, -0.1) is 0 Å². The average Bonchev–Trinajstić information content (AvgIpc) is 2.99. The van der Waals surface area contributed by atoms with Crippen molar-refractivity contribution < 1.29 is 47.5 Å². The van der Waals surface area contributed by atoms with Crippen molar-refractivity contribution in [2.75, 3.05) is 0 Å². The first-order valence-electron chi connectivity index (χ1n) is 13.2. The number of carboxylic acid groups (broad SMARTS) is 1. The Labute approximate surface area is 253 Å². The second-order valence-corrected chi connectivity index (χ2v) is 11.4. The van der Waals surface area contributed by atoms with Crippen LogP contribution < -0.4 is 9.30 Å². The van der Waals surface area contributed by atoms with Crippen LogP contribution in [0.2, 0.25) is 0 Å². The van der Waals surface area contributed by atoms with Gasteiger partial charge in [0.15, 0.2) is 0 Å². The molecule has 1 atom stereocenters. The van der Waals surface area contributed by atoms with Gasteiger partial charge >= 0.3 is 27.8 Å². The molecular weight excluding hydrogens is 584 g/mol. The highest BCUT2D eigenvalue weighted by Gasteiger charge is 2.27. The molecule has 44 heavy (non-hydrogen) atoms. The number of esters is 1. The van der Waals surface area contributed by atoms with Gasteiger partial charge < -0.3 is 23.9 Å². The number of benzene rings is 4. The van der Waals surface area contributed by atoms with Gasteiger partial charge in [-0.2, -0.15) is 4.57 Å². The predicted molar refractivity (Wildman–Crippen MR) is 164 cm³/mol. The summed E-state index contributed by atoms with van der Waals surface area (Å²) in [4.78, 5) is 35.4. The van der Waals surface area contributed by atoms with Crippen molar-refractivity contribution in [3.05, 3.63) is 112 Å². The van der Waals surface area contributed by atoms with Crippen LogP contribution in [0.4, 0.5) is 0 Å². The first-order chi connectivity index (χ1) is 20.9. The summed E-state index contributed by atoms with van der Waals surface area (Å²) < 4.78 is 29.6. The number of phosphoric acid groups is 1. The van der Waals surface area contributed by atoms with Crippen LogP contribution in [0, 0.1) is 13.8 Å². The molecule has 0 saturated heterocycles. The van der Waals surface area contributed by atoms with Crippen molar-refractivity contribution in [2.24, 2.45) is 7.05 Å². The highest BCUT2D eigenvalue weighted by atomic mass is 31.2. The van der Waals surface area contributed by atoms with E-state index < -0.39 is 19.8 Å². The molecule has 3 N–H and O–H groups in total. The Morgan fingerprint density at radius 3 is 2.16 bits per heavy atom. The van der Waals surface area contributed by atoms with Crippen molar-refractivity contribution in [3.63, 3.8) is 0 Å². The largest absolute Gasteiger partial charge is 0.511 e. The van der Waals surface area contributed by atoms with Crippen molar-refractivity contribution in [3.8, 4) is 11.5 Å². The van der Waals surface area contributed by atoms with Gasteiger partial charge in [-0.3, -0.25) is 4.89 Å². The van der Waals surface area contributed by atoms with E-state index in [-0.39, 0.29) is 28.4 Å². The zero-order valence-electron chi connectivity index (χ0n) is 23.8. The van der Waals surface area contributed by atoms with Crippen molar-refractivity contribution in [1.82, 2.24) is 0 Å². The monoisotopic (exact) mass is 610 g/mol. The molecule has 220 valence electrons. The summed E-state index contributed by atoms with van der Waals surface area (Å²) in [6.07, 6.45) is 1.48. The van der Waals surface area contributed by atoms with Gasteiger partial charge in [0.2, 0.25) is 11.0 Å². The number of phosphoric ester groups is 1. The molecule has 0 saturated carbocycles. The van der Waals surface area contributed by atoms with Crippen molar-refractivity contribution in [2.45, 2.75) is 13.8 Å². The Hall–Kier alpha value is -4.96. The number of phenols is 1. The molecule has 0 amide bonds. The number of carboxylic acids is 1. The molecule has 0 aliphatic rings. The van der Waals surface area contributed by atoms with E-state index in [1.54, 1.807) is 56.3 Å². The lowest BCUT2D eigenvalue weighted by Gasteiger charge is -2.16. The molecule has 10 nitrogen and oxygen atoms in total. The van der Waals surface area contributed by atoms with Gasteiger partial charge in [-0.1, -0.05) is 30.3 Å². The van der Waals surface area contributed by atoms with Gasteiger partial charge in [-0.05, 0) is 73.0 Å². The number of aromatic carboxylic acids is 1. The summed E-state index contributed by atoms with van der Waals surface area (Å²) in [5.41, 5.74) is 3.49. The van der Waals surface area contributed by atoms with E-state index in [1.807, 2.05) is 23.7 Å². The smallest absolute Gasteiger partial charge is 0.508 e. The predicted octanol–water partition coefficient (Wildman–Crippen LogP) is 5.77. The Balaban J connectivity index is 1.69. The van der Waals surface area contributed by atoms with E-state index in [4.69, 9.17) is 17.3 Å². The Kier molecular flexibility index (Phi) is 8.30. The minimum atomic E-state index is -4.69. The van der Waals surface area contributed by atoms with Crippen LogP contribution in [-0.2, 0) is 20.6 Å². The van der Waals surface area contributed by atoms with Gasteiger partial charge in [0.25, 0.3) is 0 Å². The number of aryl methyl sites for hydroxylation is 3. The lowest BCUT2D eigenvalue weighted by atomic mass is 9.99. The van der Waals surface area contributed by atoms with Crippen LogP contribution in [0.25, 0.3) is 33.6 Å². The summed E-state index contributed by atoms with van der Waals surface area (Å²) in [5.74, 6) is -1.50. The molecule has 0 bridgehead atoms. The molecule has 0 aliphatic heterocycles. The number of nitrogens with zero attached hydrogens (tertiary/aromatic N) is 1. The maximum absolute atomic E-state index is 13.9. The number of ether oxygens (including phenoxy) is 1. The number of hydrogen-bond donors (Lipinski definition) is 3. The van der Waals surface area contributed by atoms with Gasteiger partial charge in [0.05, 0.1) is 21.9 Å². The molecule has 0 spiro atoms. The van der Waals surface area contributed by atoms with Crippen LogP contribution >= 0.6 is 7.82 Å². The zero-order chi connectivity index (χ0) is 31.8. The third kappa shape index (κ3) is 6.07. The number of carbonyl (C=O) groups is 2.